The van der Waals surface area contributed by atoms with Crippen LogP contribution < -0.4 is 5.19 Å². The van der Waals surface area contributed by atoms with Gasteiger partial charge in [-0.25, -0.2) is 0 Å². The van der Waals surface area contributed by atoms with Crippen LogP contribution >= 0.6 is 0 Å². The van der Waals surface area contributed by atoms with Crippen LogP contribution in [0.1, 0.15) is 49.3 Å². The summed E-state index contributed by atoms with van der Waals surface area (Å²) in [5.41, 5.74) is 9.90. The molecule has 42 heavy (non-hydrogen) atoms. The standard InChI is InChI=1S/C19H25Si.3C7H7.Ti/c1-15-13-16-9-7-8-12-18(16)19(15)14-20(2,3)17-10-5-4-6-11-17;3*1-7-5-3-2-4-6-7;/h4-6,10-11,13H,7-9,12,14H2,1-3H3;3*2-6H,1H2;. The molecule has 2 aliphatic rings. The zero-order valence-corrected chi connectivity index (χ0v) is 28.3. The van der Waals surface area contributed by atoms with Crippen LogP contribution in [0.4, 0.5) is 0 Å². The summed E-state index contributed by atoms with van der Waals surface area (Å²) in [7, 11) is -1.82. The van der Waals surface area contributed by atoms with Gasteiger partial charge in [-0.2, -0.15) is 0 Å². The fourth-order valence-corrected chi connectivity index (χ4v) is 25.6. The number of hydrogen-bond donors (Lipinski definition) is 0. The minimum absolute atomic E-state index is 0.197. The SMILES string of the molecule is CC1=CC2=C(CCCC2)[C]1(C[Si](C)(C)c1ccccc1)[Ti]([CH2]c1ccccc1)([CH2]c1ccccc1)[CH2]c1ccccc1. The van der Waals surface area contributed by atoms with Crippen LogP contribution in [0.5, 0.6) is 0 Å². The summed E-state index contributed by atoms with van der Waals surface area (Å²) >= 11 is -3.02. The molecule has 0 radical (unpaired) electrons. The Bertz CT molecular complexity index is 1440. The molecule has 0 bridgehead atoms. The van der Waals surface area contributed by atoms with Crippen molar-refractivity contribution in [2.45, 2.75) is 69.6 Å². The molecule has 0 aromatic heterocycles. The third-order valence-electron chi connectivity index (χ3n) is 10.4. The van der Waals surface area contributed by atoms with Gasteiger partial charge in [0.1, 0.15) is 0 Å². The van der Waals surface area contributed by atoms with Crippen LogP contribution in [0.3, 0.4) is 0 Å². The normalized spacial score (nSPS) is 19.0. The summed E-state index contributed by atoms with van der Waals surface area (Å²) in [5.74, 6) is 0. The molecule has 0 aliphatic heterocycles. The average Bonchev–Trinajstić information content (AvgIpc) is 3.30. The van der Waals surface area contributed by atoms with Crippen molar-refractivity contribution in [2.75, 3.05) is 0 Å². The Labute approximate surface area is 259 Å². The molecule has 2 aliphatic carbocycles. The van der Waals surface area contributed by atoms with Gasteiger partial charge in [0.2, 0.25) is 0 Å². The van der Waals surface area contributed by atoms with Gasteiger partial charge in [0.05, 0.1) is 0 Å². The molecule has 4 aromatic rings. The van der Waals surface area contributed by atoms with Crippen LogP contribution in [0, 0.1) is 0 Å². The van der Waals surface area contributed by atoms with E-state index in [0.29, 0.717) is 0 Å². The Morgan fingerprint density at radius 1 is 0.595 bits per heavy atom. The van der Waals surface area contributed by atoms with Crippen molar-refractivity contribution < 1.29 is 16.6 Å². The molecule has 0 saturated carbocycles. The molecule has 2 heteroatoms. The second-order valence-electron chi connectivity index (χ2n) is 13.6. The Morgan fingerprint density at radius 3 is 1.50 bits per heavy atom. The fourth-order valence-electron chi connectivity index (χ4n) is 8.62. The van der Waals surface area contributed by atoms with Crippen molar-refractivity contribution in [1.82, 2.24) is 0 Å². The van der Waals surface area contributed by atoms with Gasteiger partial charge in [0.15, 0.2) is 0 Å². The molecule has 1 atom stereocenters. The van der Waals surface area contributed by atoms with E-state index in [9.17, 15) is 0 Å². The monoisotopic (exact) mass is 602 g/mol. The molecule has 6 rings (SSSR count). The molecular formula is C40H46SiTi. The Balaban J connectivity index is 1.63. The van der Waals surface area contributed by atoms with E-state index in [1.54, 1.807) is 33.0 Å². The van der Waals surface area contributed by atoms with E-state index in [1.165, 1.54) is 45.9 Å². The second-order valence-corrected chi connectivity index (χ2v) is 25.3. The van der Waals surface area contributed by atoms with E-state index < -0.39 is 24.7 Å². The van der Waals surface area contributed by atoms with Crippen molar-refractivity contribution in [1.29, 1.82) is 0 Å². The molecule has 0 saturated heterocycles. The molecule has 0 heterocycles. The molecule has 0 N–H and O–H groups in total. The van der Waals surface area contributed by atoms with Crippen molar-refractivity contribution in [2.24, 2.45) is 0 Å². The van der Waals surface area contributed by atoms with E-state index in [1.807, 2.05) is 5.57 Å². The van der Waals surface area contributed by atoms with Crippen LogP contribution in [-0.4, -0.2) is 8.07 Å². The molecule has 214 valence electrons. The summed E-state index contributed by atoms with van der Waals surface area (Å²) in [4.78, 5) is 0. The van der Waals surface area contributed by atoms with Crippen LogP contribution in [0.25, 0.3) is 0 Å². The first-order chi connectivity index (χ1) is 20.4. The number of hydrogen-bond acceptors (Lipinski definition) is 0. The topological polar surface area (TPSA) is 0 Å². The molecule has 1 unspecified atom stereocenters. The quantitative estimate of drug-likeness (QED) is 0.158. The first-order valence-electron chi connectivity index (χ1n) is 16.0. The van der Waals surface area contributed by atoms with Crippen LogP contribution in [-0.2, 0) is 30.8 Å². The summed E-state index contributed by atoms with van der Waals surface area (Å²) < 4.78 is 3.96. The summed E-state index contributed by atoms with van der Waals surface area (Å²) in [6, 6.07) is 47.7. The van der Waals surface area contributed by atoms with Gasteiger partial charge in [0, 0.05) is 0 Å². The molecular weight excluding hydrogens is 556 g/mol. The van der Waals surface area contributed by atoms with Crippen molar-refractivity contribution >= 4 is 13.3 Å². The van der Waals surface area contributed by atoms with Gasteiger partial charge in [-0.1, -0.05) is 0 Å². The molecule has 4 aromatic carbocycles. The van der Waals surface area contributed by atoms with Gasteiger partial charge in [-0.05, 0) is 0 Å². The van der Waals surface area contributed by atoms with Gasteiger partial charge < -0.3 is 0 Å². The maximum atomic E-state index is 2.70. The third kappa shape index (κ3) is 5.77. The van der Waals surface area contributed by atoms with Gasteiger partial charge in [0.25, 0.3) is 0 Å². The van der Waals surface area contributed by atoms with Crippen LogP contribution in [0.2, 0.25) is 22.9 Å². The van der Waals surface area contributed by atoms with E-state index >= 15 is 0 Å². The van der Waals surface area contributed by atoms with E-state index in [4.69, 9.17) is 0 Å². The van der Waals surface area contributed by atoms with E-state index in [-0.39, 0.29) is 3.72 Å². The summed E-state index contributed by atoms with van der Waals surface area (Å²) in [6.45, 7) is 7.88. The minimum atomic E-state index is -3.02. The Morgan fingerprint density at radius 2 is 1.02 bits per heavy atom. The Kier molecular flexibility index (Phi) is 8.73. The van der Waals surface area contributed by atoms with E-state index in [0.717, 1.165) is 0 Å². The van der Waals surface area contributed by atoms with E-state index in [2.05, 4.69) is 147 Å². The predicted molar refractivity (Wildman–Crippen MR) is 181 cm³/mol. The molecule has 0 fully saturated rings. The second kappa shape index (κ2) is 12.5. The molecule has 0 amide bonds. The first-order valence-corrected chi connectivity index (χ1v) is 23.3. The molecule has 0 spiro atoms. The fraction of sp³-hybridized carbons (Fsp3) is 0.300. The Hall–Kier alpha value is -2.71. The van der Waals surface area contributed by atoms with Gasteiger partial charge in [-0.15, -0.1) is 0 Å². The molecule has 0 nitrogen and oxygen atoms in total. The number of rotatable bonds is 10. The van der Waals surface area contributed by atoms with Crippen molar-refractivity contribution in [3.8, 4) is 0 Å². The van der Waals surface area contributed by atoms with Crippen molar-refractivity contribution in [3.05, 3.63) is 161 Å². The van der Waals surface area contributed by atoms with Crippen LogP contribution in [0.15, 0.2) is 144 Å². The van der Waals surface area contributed by atoms with Crippen molar-refractivity contribution in [3.63, 3.8) is 0 Å². The average molecular weight is 603 g/mol. The first kappa shape index (κ1) is 29.4. The summed E-state index contributed by atoms with van der Waals surface area (Å²) in [6.07, 6.45) is 7.93. The van der Waals surface area contributed by atoms with Gasteiger partial charge >= 0.3 is 260 Å². The maximum absolute atomic E-state index is 3.02. The number of allylic oxidation sites excluding steroid dienone is 4. The van der Waals surface area contributed by atoms with Gasteiger partial charge in [-0.3, -0.25) is 0 Å². The summed E-state index contributed by atoms with van der Waals surface area (Å²) in [5, 5.41) is 1.61. The third-order valence-corrected chi connectivity index (χ3v) is 23.5. The zero-order valence-electron chi connectivity index (χ0n) is 25.8. The predicted octanol–water partition coefficient (Wildman–Crippen LogP) is 10.3. The zero-order chi connectivity index (χ0) is 29.0. The number of benzene rings is 4.